The molecule has 4 fully saturated rings. The molecule has 7 nitrogen and oxygen atoms in total. The number of carbonyl (C=O) groups is 1. The summed E-state index contributed by atoms with van der Waals surface area (Å²) in [5, 5.41) is 0. The first-order valence-corrected chi connectivity index (χ1v) is 12.4. The average molecular weight is 475 g/mol. The third kappa shape index (κ3) is 3.54. The predicted octanol–water partition coefficient (Wildman–Crippen LogP) is 4.25. The highest BCUT2D eigenvalue weighted by molar-refractivity contribution is 5.76. The first-order valence-electron chi connectivity index (χ1n) is 12.4. The predicted molar refractivity (Wildman–Crippen MR) is 124 cm³/mol. The quantitative estimate of drug-likeness (QED) is 0.591. The number of methoxy groups -OCH3 is 2. The van der Waals surface area contributed by atoms with Crippen LogP contribution in [0.2, 0.25) is 0 Å². The zero-order chi connectivity index (χ0) is 24.5. The van der Waals surface area contributed by atoms with E-state index < -0.39 is 36.4 Å². The fourth-order valence-corrected chi connectivity index (χ4v) is 7.56. The van der Waals surface area contributed by atoms with Gasteiger partial charge in [-0.1, -0.05) is 51.1 Å². The van der Waals surface area contributed by atoms with Crippen molar-refractivity contribution in [2.24, 2.45) is 22.7 Å². The minimum absolute atomic E-state index is 0.00212. The average Bonchev–Trinajstić information content (AvgIpc) is 3.25. The van der Waals surface area contributed by atoms with Gasteiger partial charge in [-0.05, 0) is 37.7 Å². The molecular formula is C27H38O7. The van der Waals surface area contributed by atoms with Gasteiger partial charge in [-0.3, -0.25) is 0 Å². The number of hydrogen-bond donors (Lipinski definition) is 0. The van der Waals surface area contributed by atoms with E-state index in [0.717, 1.165) is 18.4 Å². The van der Waals surface area contributed by atoms with Gasteiger partial charge in [-0.15, -0.1) is 0 Å². The topological polar surface area (TPSA) is 72.5 Å². The summed E-state index contributed by atoms with van der Waals surface area (Å²) in [6, 6.07) is 9.40. The van der Waals surface area contributed by atoms with E-state index in [1.807, 2.05) is 44.2 Å². The van der Waals surface area contributed by atoms with Crippen LogP contribution >= 0.6 is 0 Å². The highest BCUT2D eigenvalue weighted by atomic mass is 16.8. The lowest BCUT2D eigenvalue weighted by molar-refractivity contribution is -0.219. The van der Waals surface area contributed by atoms with E-state index >= 15 is 0 Å². The second kappa shape index (κ2) is 8.27. The molecule has 0 unspecified atom stereocenters. The van der Waals surface area contributed by atoms with Gasteiger partial charge in [0.2, 0.25) is 0 Å². The van der Waals surface area contributed by atoms with Crippen LogP contribution in [0.5, 0.6) is 0 Å². The van der Waals surface area contributed by atoms with Crippen LogP contribution in [0.1, 0.15) is 59.1 Å². The Morgan fingerprint density at radius 1 is 1.03 bits per heavy atom. The van der Waals surface area contributed by atoms with E-state index in [0.29, 0.717) is 0 Å². The van der Waals surface area contributed by atoms with Crippen molar-refractivity contribution in [2.45, 2.75) is 90.1 Å². The summed E-state index contributed by atoms with van der Waals surface area (Å²) in [6.45, 7) is 10.8. The molecule has 2 saturated carbocycles. The van der Waals surface area contributed by atoms with Gasteiger partial charge in [0.25, 0.3) is 0 Å². The molecule has 1 aromatic carbocycles. The van der Waals surface area contributed by atoms with Crippen molar-refractivity contribution in [3.8, 4) is 0 Å². The first-order chi connectivity index (χ1) is 16.0. The lowest BCUT2D eigenvalue weighted by Gasteiger charge is -2.60. The number of hydrogen-bond acceptors (Lipinski definition) is 7. The molecule has 9 atom stereocenters. The van der Waals surface area contributed by atoms with Crippen molar-refractivity contribution in [2.75, 3.05) is 14.2 Å². The van der Waals surface area contributed by atoms with Crippen LogP contribution < -0.4 is 0 Å². The van der Waals surface area contributed by atoms with Crippen molar-refractivity contribution < 1.29 is 33.2 Å². The summed E-state index contributed by atoms with van der Waals surface area (Å²) >= 11 is 0. The van der Waals surface area contributed by atoms with Crippen LogP contribution in [-0.2, 0) is 33.2 Å². The molecule has 1 aromatic rings. The minimum Gasteiger partial charge on any atom is -0.457 e. The van der Waals surface area contributed by atoms with Gasteiger partial charge in [0.05, 0.1) is 18.1 Å². The molecule has 0 radical (unpaired) electrons. The van der Waals surface area contributed by atoms with E-state index in [1.54, 1.807) is 7.11 Å². The smallest absolute Gasteiger partial charge is 0.340 e. The van der Waals surface area contributed by atoms with Crippen LogP contribution in [0.4, 0.5) is 0 Å². The lowest BCUT2D eigenvalue weighted by Crippen LogP contribution is -2.67. The normalized spacial score (nSPS) is 42.5. The second-order valence-corrected chi connectivity index (χ2v) is 11.6. The summed E-state index contributed by atoms with van der Waals surface area (Å²) < 4.78 is 37.3. The Morgan fingerprint density at radius 2 is 1.71 bits per heavy atom. The molecule has 4 aliphatic rings. The highest BCUT2D eigenvalue weighted by Crippen LogP contribution is 2.67. The third-order valence-electron chi connectivity index (χ3n) is 8.77. The van der Waals surface area contributed by atoms with Crippen molar-refractivity contribution in [1.29, 1.82) is 0 Å². The summed E-state index contributed by atoms with van der Waals surface area (Å²) in [7, 11) is 3.18. The lowest BCUT2D eigenvalue weighted by atomic mass is 9.46. The van der Waals surface area contributed by atoms with Crippen LogP contribution in [0.15, 0.2) is 30.3 Å². The van der Waals surface area contributed by atoms with Crippen molar-refractivity contribution in [3.63, 3.8) is 0 Å². The summed E-state index contributed by atoms with van der Waals surface area (Å²) in [5.41, 5.74) is 0.460. The molecule has 0 amide bonds. The van der Waals surface area contributed by atoms with Crippen molar-refractivity contribution in [3.05, 3.63) is 35.9 Å². The maximum absolute atomic E-state index is 13.5. The van der Waals surface area contributed by atoms with Gasteiger partial charge in [0, 0.05) is 25.6 Å². The van der Waals surface area contributed by atoms with Gasteiger partial charge in [-0.2, -0.15) is 0 Å². The Balaban J connectivity index is 1.56. The number of ether oxygens (including phenoxy) is 6. The highest BCUT2D eigenvalue weighted by Gasteiger charge is 2.74. The van der Waals surface area contributed by atoms with Gasteiger partial charge in [-0.25, -0.2) is 4.79 Å². The van der Waals surface area contributed by atoms with E-state index in [1.165, 1.54) is 7.11 Å². The number of fused-ring (bicyclic) bond motifs is 2. The van der Waals surface area contributed by atoms with E-state index in [9.17, 15) is 4.79 Å². The largest absolute Gasteiger partial charge is 0.457 e. The van der Waals surface area contributed by atoms with Gasteiger partial charge in [0.15, 0.2) is 18.2 Å². The van der Waals surface area contributed by atoms with Crippen LogP contribution in [0.25, 0.3) is 0 Å². The number of rotatable bonds is 5. The van der Waals surface area contributed by atoms with Gasteiger partial charge in [0.1, 0.15) is 12.2 Å². The SMILES string of the molecule is CO[C@@H]1O[C@H]2CCC(C)(C)[C@@H]3[C@H]4OC(C)(C)O[C@H]4[C@@H](OC(=O)[C@H](OC)c4ccccc4)[C@@H]1[C@@]23C. The Labute approximate surface area is 202 Å². The van der Waals surface area contributed by atoms with E-state index in [2.05, 4.69) is 20.8 Å². The maximum atomic E-state index is 13.5. The Hall–Kier alpha value is -1.51. The summed E-state index contributed by atoms with van der Waals surface area (Å²) in [6.07, 6.45) is -0.594. The number of esters is 1. The van der Waals surface area contributed by atoms with E-state index in [-0.39, 0.29) is 34.9 Å². The molecule has 2 aliphatic heterocycles. The molecule has 0 aromatic heterocycles. The fourth-order valence-electron chi connectivity index (χ4n) is 7.56. The molecule has 0 spiro atoms. The Bertz CT molecular complexity index is 915. The van der Waals surface area contributed by atoms with Crippen LogP contribution in [0.3, 0.4) is 0 Å². The first kappa shape index (κ1) is 24.2. The Kier molecular flexibility index (Phi) is 5.89. The standard InChI is InChI=1S/C27H38O7/c1-25(2)14-13-16-27(5)17(24(30-7)31-16)19(20-21(22(25)27)34-26(3,4)33-20)32-23(28)18(29-6)15-11-9-8-10-12-15/h8-12,16-22,24H,13-14H2,1-7H3/t16-,17-,18+,19-,20-,21-,22-,24+,27+/m0/s1. The van der Waals surface area contributed by atoms with Crippen LogP contribution in [-0.4, -0.2) is 56.7 Å². The monoisotopic (exact) mass is 474 g/mol. The molecule has 2 saturated heterocycles. The molecule has 0 N–H and O–H groups in total. The molecule has 0 bridgehead atoms. The summed E-state index contributed by atoms with van der Waals surface area (Å²) in [5.74, 6) is -1.25. The summed E-state index contributed by atoms with van der Waals surface area (Å²) in [4.78, 5) is 13.5. The van der Waals surface area contributed by atoms with E-state index in [4.69, 9.17) is 28.4 Å². The van der Waals surface area contributed by atoms with Crippen molar-refractivity contribution >= 4 is 5.97 Å². The zero-order valence-electron chi connectivity index (χ0n) is 21.3. The van der Waals surface area contributed by atoms with Crippen LogP contribution in [0, 0.1) is 22.7 Å². The minimum atomic E-state index is -0.831. The number of carbonyl (C=O) groups excluding carboxylic acids is 1. The molecule has 5 rings (SSSR count). The fraction of sp³-hybridized carbons (Fsp3) is 0.741. The zero-order valence-corrected chi connectivity index (χ0v) is 21.3. The maximum Gasteiger partial charge on any atom is 0.340 e. The van der Waals surface area contributed by atoms with Gasteiger partial charge >= 0.3 is 5.97 Å². The Morgan fingerprint density at radius 3 is 2.35 bits per heavy atom. The molecule has 2 heterocycles. The second-order valence-electron chi connectivity index (χ2n) is 11.6. The number of benzene rings is 1. The molecule has 2 aliphatic carbocycles. The molecular weight excluding hydrogens is 436 g/mol. The molecule has 7 heteroatoms. The van der Waals surface area contributed by atoms with Gasteiger partial charge < -0.3 is 28.4 Å². The molecule has 188 valence electrons. The third-order valence-corrected chi connectivity index (χ3v) is 8.77. The molecule has 34 heavy (non-hydrogen) atoms. The van der Waals surface area contributed by atoms with Crippen molar-refractivity contribution in [1.82, 2.24) is 0 Å².